The molecular weight excluding hydrogens is 446 g/mol. The quantitative estimate of drug-likeness (QED) is 0.264. The Kier molecular flexibility index (Phi) is 7.02. The Morgan fingerprint density at radius 1 is 1.23 bits per heavy atom. The van der Waals surface area contributed by atoms with Gasteiger partial charge in [0, 0.05) is 6.54 Å². The summed E-state index contributed by atoms with van der Waals surface area (Å²) in [4.78, 5) is 27.0. The number of halogens is 1. The fraction of sp³-hybridized carbons (Fsp3) is 0.190. The van der Waals surface area contributed by atoms with E-state index in [0.29, 0.717) is 32.6 Å². The molecule has 1 amide bonds. The normalized spacial score (nSPS) is 14.9. The highest BCUT2D eigenvalue weighted by molar-refractivity contribution is 8.26. The number of carbonyl (C=O) groups excluding carboxylic acids is 2. The summed E-state index contributed by atoms with van der Waals surface area (Å²) in [6.07, 6.45) is 1.68. The molecule has 9 heteroatoms. The molecule has 0 atom stereocenters. The lowest BCUT2D eigenvalue weighted by atomic mass is 10.1. The highest BCUT2D eigenvalue weighted by atomic mass is 35.5. The van der Waals surface area contributed by atoms with E-state index in [-0.39, 0.29) is 22.4 Å². The van der Waals surface area contributed by atoms with Crippen LogP contribution in [0.25, 0.3) is 6.08 Å². The van der Waals surface area contributed by atoms with Crippen molar-refractivity contribution in [3.05, 3.63) is 57.5 Å². The summed E-state index contributed by atoms with van der Waals surface area (Å²) in [6.45, 7) is 2.37. The van der Waals surface area contributed by atoms with Crippen molar-refractivity contribution in [1.29, 1.82) is 0 Å². The van der Waals surface area contributed by atoms with Crippen LogP contribution in [0.4, 0.5) is 0 Å². The summed E-state index contributed by atoms with van der Waals surface area (Å²) >= 11 is 12.8. The molecule has 0 saturated carbocycles. The summed E-state index contributed by atoms with van der Waals surface area (Å²) in [7, 11) is 2.95. The van der Waals surface area contributed by atoms with E-state index in [9.17, 15) is 9.59 Å². The fourth-order valence-corrected chi connectivity index (χ4v) is 4.39. The molecule has 6 nitrogen and oxygen atoms in total. The third kappa shape index (κ3) is 4.61. The number of nitrogens with zero attached hydrogens (tertiary/aromatic N) is 1. The van der Waals surface area contributed by atoms with Crippen LogP contribution in [0.5, 0.6) is 17.2 Å². The van der Waals surface area contributed by atoms with Crippen LogP contribution in [0.15, 0.2) is 41.3 Å². The van der Waals surface area contributed by atoms with E-state index in [1.165, 1.54) is 30.9 Å². The lowest BCUT2D eigenvalue weighted by molar-refractivity contribution is -0.121. The standard InChI is InChI=1S/C21H18ClNO5S2/c1-4-23-19(24)17(30-21(23)29)10-12-8-15(22)18(16(9-12)27-3)28-20(25)13-6-5-7-14(11-13)26-2/h5-11H,4H2,1-3H3/b17-10-. The predicted octanol–water partition coefficient (Wildman–Crippen LogP) is 4.80. The van der Waals surface area contributed by atoms with Gasteiger partial charge < -0.3 is 14.2 Å². The maximum absolute atomic E-state index is 12.5. The summed E-state index contributed by atoms with van der Waals surface area (Å²) in [5, 5.41) is 0.169. The number of benzene rings is 2. The Bertz CT molecular complexity index is 1050. The maximum Gasteiger partial charge on any atom is 0.343 e. The molecule has 2 aromatic rings. The van der Waals surface area contributed by atoms with Gasteiger partial charge in [-0.2, -0.15) is 0 Å². The molecule has 0 aromatic heterocycles. The number of thioether (sulfide) groups is 1. The minimum Gasteiger partial charge on any atom is -0.497 e. The minimum absolute atomic E-state index is 0.0882. The number of esters is 1. The van der Waals surface area contributed by atoms with Gasteiger partial charge in [0.15, 0.2) is 11.5 Å². The first-order chi connectivity index (χ1) is 14.4. The van der Waals surface area contributed by atoms with E-state index in [2.05, 4.69) is 0 Å². The summed E-state index contributed by atoms with van der Waals surface area (Å²) in [6, 6.07) is 9.81. The number of hydrogen-bond acceptors (Lipinski definition) is 7. The van der Waals surface area contributed by atoms with Crippen LogP contribution in [0.2, 0.25) is 5.02 Å². The first-order valence-corrected chi connectivity index (χ1v) is 10.5. The summed E-state index contributed by atoms with van der Waals surface area (Å²) < 4.78 is 16.5. The van der Waals surface area contributed by atoms with Crippen LogP contribution in [0.1, 0.15) is 22.8 Å². The highest BCUT2D eigenvalue weighted by Gasteiger charge is 2.30. The number of likely N-dealkylation sites (N-methyl/N-ethyl adjacent to an activating group) is 1. The van der Waals surface area contributed by atoms with E-state index >= 15 is 0 Å². The van der Waals surface area contributed by atoms with Crippen LogP contribution in [0.3, 0.4) is 0 Å². The molecule has 1 saturated heterocycles. The molecule has 0 bridgehead atoms. The zero-order chi connectivity index (χ0) is 21.8. The van der Waals surface area contributed by atoms with Gasteiger partial charge in [-0.3, -0.25) is 9.69 Å². The van der Waals surface area contributed by atoms with Crippen molar-refractivity contribution in [2.45, 2.75) is 6.92 Å². The van der Waals surface area contributed by atoms with E-state index in [1.807, 2.05) is 6.92 Å². The first kappa shape index (κ1) is 22.1. The molecular formula is C21H18ClNO5S2. The van der Waals surface area contributed by atoms with Gasteiger partial charge >= 0.3 is 5.97 Å². The summed E-state index contributed by atoms with van der Waals surface area (Å²) in [5.41, 5.74) is 0.925. The molecule has 1 aliphatic heterocycles. The number of hydrogen-bond donors (Lipinski definition) is 0. The largest absolute Gasteiger partial charge is 0.497 e. The van der Waals surface area contributed by atoms with Gasteiger partial charge in [0.2, 0.25) is 0 Å². The van der Waals surface area contributed by atoms with Crippen LogP contribution < -0.4 is 14.2 Å². The Hall–Kier alpha value is -2.55. The zero-order valence-corrected chi connectivity index (χ0v) is 18.8. The van der Waals surface area contributed by atoms with E-state index in [0.717, 1.165) is 0 Å². The van der Waals surface area contributed by atoms with Crippen LogP contribution in [0, 0.1) is 0 Å². The van der Waals surface area contributed by atoms with E-state index in [1.54, 1.807) is 42.5 Å². The Morgan fingerprint density at radius 3 is 2.63 bits per heavy atom. The predicted molar refractivity (Wildman–Crippen MR) is 122 cm³/mol. The summed E-state index contributed by atoms with van der Waals surface area (Å²) in [5.74, 6) is 0.116. The third-order valence-electron chi connectivity index (χ3n) is 4.24. The first-order valence-electron chi connectivity index (χ1n) is 8.87. The Morgan fingerprint density at radius 2 is 2.00 bits per heavy atom. The van der Waals surface area contributed by atoms with Crippen molar-refractivity contribution >= 4 is 57.9 Å². The van der Waals surface area contributed by atoms with Gasteiger partial charge in [-0.25, -0.2) is 4.79 Å². The number of thiocarbonyl (C=S) groups is 1. The number of rotatable bonds is 6. The third-order valence-corrected chi connectivity index (χ3v) is 5.90. The molecule has 0 radical (unpaired) electrons. The van der Waals surface area contributed by atoms with Gasteiger partial charge in [-0.05, 0) is 48.9 Å². The molecule has 1 fully saturated rings. The van der Waals surface area contributed by atoms with Crippen LogP contribution >= 0.6 is 35.6 Å². The minimum atomic E-state index is -0.606. The lowest BCUT2D eigenvalue weighted by Crippen LogP contribution is -2.27. The molecule has 0 spiro atoms. The molecule has 30 heavy (non-hydrogen) atoms. The molecule has 0 aliphatic carbocycles. The van der Waals surface area contributed by atoms with Gasteiger partial charge in [-0.15, -0.1) is 0 Å². The smallest absolute Gasteiger partial charge is 0.343 e. The molecule has 0 N–H and O–H groups in total. The molecule has 1 aliphatic rings. The number of ether oxygens (including phenoxy) is 3. The van der Waals surface area contributed by atoms with Gasteiger partial charge in [-0.1, -0.05) is 41.6 Å². The Labute approximate surface area is 188 Å². The van der Waals surface area contributed by atoms with Crippen molar-refractivity contribution in [2.75, 3.05) is 20.8 Å². The van der Waals surface area contributed by atoms with Crippen molar-refractivity contribution < 1.29 is 23.8 Å². The van der Waals surface area contributed by atoms with Gasteiger partial charge in [0.05, 0.1) is 29.7 Å². The number of carbonyl (C=O) groups is 2. The van der Waals surface area contributed by atoms with Crippen molar-refractivity contribution in [3.63, 3.8) is 0 Å². The second kappa shape index (κ2) is 9.51. The fourth-order valence-electron chi connectivity index (χ4n) is 2.75. The van der Waals surface area contributed by atoms with Crippen LogP contribution in [-0.4, -0.2) is 41.9 Å². The molecule has 0 unspecified atom stereocenters. The number of amides is 1. The average Bonchev–Trinajstić information content (AvgIpc) is 3.01. The van der Waals surface area contributed by atoms with Gasteiger partial charge in [0.25, 0.3) is 5.91 Å². The van der Waals surface area contributed by atoms with Gasteiger partial charge in [0.1, 0.15) is 10.1 Å². The van der Waals surface area contributed by atoms with Crippen molar-refractivity contribution in [3.8, 4) is 17.2 Å². The van der Waals surface area contributed by atoms with Crippen molar-refractivity contribution in [1.82, 2.24) is 4.90 Å². The van der Waals surface area contributed by atoms with Crippen LogP contribution in [-0.2, 0) is 4.79 Å². The maximum atomic E-state index is 12.5. The topological polar surface area (TPSA) is 65.1 Å². The van der Waals surface area contributed by atoms with E-state index < -0.39 is 5.97 Å². The average molecular weight is 464 g/mol. The molecule has 3 rings (SSSR count). The number of methoxy groups -OCH3 is 2. The highest BCUT2D eigenvalue weighted by Crippen LogP contribution is 2.39. The monoisotopic (exact) mass is 463 g/mol. The zero-order valence-electron chi connectivity index (χ0n) is 16.4. The second-order valence-corrected chi connectivity index (χ2v) is 8.16. The molecule has 2 aromatic carbocycles. The van der Waals surface area contributed by atoms with E-state index in [4.69, 9.17) is 38.0 Å². The lowest BCUT2D eigenvalue weighted by Gasteiger charge is -2.13. The molecule has 1 heterocycles. The molecule has 156 valence electrons. The SMILES string of the molecule is CCN1C(=O)/C(=C/c2cc(Cl)c(OC(=O)c3cccc(OC)c3)c(OC)c2)SC1=S. The second-order valence-electron chi connectivity index (χ2n) is 6.08. The Balaban J connectivity index is 1.89. The van der Waals surface area contributed by atoms with Crippen molar-refractivity contribution in [2.24, 2.45) is 0 Å².